The van der Waals surface area contributed by atoms with Crippen molar-refractivity contribution >= 4 is 23.1 Å². The molecule has 2 amide bonds. The topological polar surface area (TPSA) is 58.2 Å². The normalized spacial score (nSPS) is 11.3. The first-order chi connectivity index (χ1) is 11.9. The molecule has 2 aromatic carbocycles. The molecule has 0 bridgehead atoms. The van der Waals surface area contributed by atoms with Crippen LogP contribution in [0.2, 0.25) is 0 Å². The molecule has 0 aliphatic carbocycles. The Morgan fingerprint density at radius 3 is 2.24 bits per heavy atom. The Bertz CT molecular complexity index is 790. The zero-order valence-corrected chi connectivity index (χ0v) is 15.1. The number of carbonyl (C=O) groups excluding carboxylic acids is 2. The molecule has 0 fully saturated rings. The monoisotopic (exact) mass is 336 g/mol. The summed E-state index contributed by atoms with van der Waals surface area (Å²) in [5, 5.41) is 5.40. The van der Waals surface area contributed by atoms with Crippen LogP contribution < -0.4 is 10.6 Å². The fraction of sp³-hybridized carbons (Fsp3) is 0.238. The predicted octanol–water partition coefficient (Wildman–Crippen LogP) is 4.03. The Morgan fingerprint density at radius 2 is 1.64 bits per heavy atom. The summed E-state index contributed by atoms with van der Waals surface area (Å²) in [4.78, 5) is 24.4. The van der Waals surface area contributed by atoms with Crippen LogP contribution in [0, 0.1) is 12.8 Å². The van der Waals surface area contributed by atoms with Crippen molar-refractivity contribution in [1.82, 2.24) is 5.32 Å². The molecule has 0 atom stereocenters. The summed E-state index contributed by atoms with van der Waals surface area (Å²) in [7, 11) is 1.56. The van der Waals surface area contributed by atoms with Gasteiger partial charge in [-0.1, -0.05) is 55.8 Å². The van der Waals surface area contributed by atoms with Crippen molar-refractivity contribution in [3.8, 4) is 0 Å². The molecule has 0 aromatic heterocycles. The molecule has 0 radical (unpaired) electrons. The highest BCUT2D eigenvalue weighted by molar-refractivity contribution is 6.08. The van der Waals surface area contributed by atoms with Crippen LogP contribution in [0.3, 0.4) is 0 Å². The molecule has 0 aliphatic heterocycles. The molecule has 0 spiro atoms. The van der Waals surface area contributed by atoms with E-state index in [1.807, 2.05) is 31.2 Å². The minimum absolute atomic E-state index is 0.197. The van der Waals surface area contributed by atoms with Crippen molar-refractivity contribution in [3.05, 3.63) is 71.3 Å². The Hall–Kier alpha value is -2.88. The molecular weight excluding hydrogens is 312 g/mol. The van der Waals surface area contributed by atoms with E-state index in [4.69, 9.17) is 0 Å². The van der Waals surface area contributed by atoms with E-state index in [2.05, 4.69) is 24.5 Å². The summed E-state index contributed by atoms with van der Waals surface area (Å²) in [6.07, 6.45) is 1.61. The number of benzene rings is 2. The van der Waals surface area contributed by atoms with Crippen molar-refractivity contribution in [3.63, 3.8) is 0 Å². The highest BCUT2D eigenvalue weighted by Crippen LogP contribution is 2.24. The van der Waals surface area contributed by atoms with Crippen molar-refractivity contribution in [2.24, 2.45) is 5.92 Å². The van der Waals surface area contributed by atoms with Gasteiger partial charge in [0, 0.05) is 13.1 Å². The smallest absolute Gasteiger partial charge is 0.253 e. The maximum atomic E-state index is 12.5. The fourth-order valence-corrected chi connectivity index (χ4v) is 2.56. The Labute approximate surface area is 149 Å². The second-order valence-electron chi connectivity index (χ2n) is 6.23. The number of rotatable bonds is 5. The zero-order chi connectivity index (χ0) is 18.4. The Kier molecular flexibility index (Phi) is 6.12. The zero-order valence-electron chi connectivity index (χ0n) is 15.1. The third-order valence-electron chi connectivity index (χ3n) is 3.95. The number of hydrogen-bond acceptors (Lipinski definition) is 2. The van der Waals surface area contributed by atoms with Gasteiger partial charge in [-0.25, -0.2) is 0 Å². The molecule has 2 rings (SSSR count). The van der Waals surface area contributed by atoms with Gasteiger partial charge in [-0.05, 0) is 36.1 Å². The van der Waals surface area contributed by atoms with Crippen molar-refractivity contribution in [2.75, 3.05) is 12.4 Å². The summed E-state index contributed by atoms with van der Waals surface area (Å²) in [5.41, 5.74) is 4.09. The summed E-state index contributed by atoms with van der Waals surface area (Å²) in [5.74, 6) is -0.286. The molecule has 4 heteroatoms. The maximum Gasteiger partial charge on any atom is 0.253 e. The Balaban J connectivity index is 2.29. The van der Waals surface area contributed by atoms with Crippen LogP contribution in [0.5, 0.6) is 0 Å². The van der Waals surface area contributed by atoms with Gasteiger partial charge in [-0.3, -0.25) is 9.59 Å². The highest BCUT2D eigenvalue weighted by atomic mass is 16.2. The largest absolute Gasteiger partial charge is 0.355 e. The molecule has 4 nitrogen and oxygen atoms in total. The highest BCUT2D eigenvalue weighted by Gasteiger charge is 2.13. The lowest BCUT2D eigenvalue weighted by molar-refractivity contribution is -0.111. The predicted molar refractivity (Wildman–Crippen MR) is 102 cm³/mol. The number of para-hydroxylation sites is 1. The lowest BCUT2D eigenvalue weighted by atomic mass is 9.94. The molecular formula is C21H24N2O2. The van der Waals surface area contributed by atoms with Gasteiger partial charge in [0.25, 0.3) is 5.91 Å². The molecule has 130 valence electrons. The van der Waals surface area contributed by atoms with E-state index in [0.29, 0.717) is 11.3 Å². The summed E-state index contributed by atoms with van der Waals surface area (Å²) >= 11 is 0. The second-order valence-corrected chi connectivity index (χ2v) is 6.23. The van der Waals surface area contributed by atoms with E-state index in [0.717, 1.165) is 11.1 Å². The molecule has 2 aromatic rings. The minimum Gasteiger partial charge on any atom is -0.355 e. The summed E-state index contributed by atoms with van der Waals surface area (Å²) < 4.78 is 0. The van der Waals surface area contributed by atoms with Gasteiger partial charge in [0.1, 0.15) is 0 Å². The van der Waals surface area contributed by atoms with Gasteiger partial charge in [0.2, 0.25) is 5.91 Å². The van der Waals surface area contributed by atoms with Crippen LogP contribution in [-0.2, 0) is 4.79 Å². The fourth-order valence-electron chi connectivity index (χ4n) is 2.56. The average Bonchev–Trinajstić information content (AvgIpc) is 2.60. The SMILES string of the molecule is CNC(=O)c1ccccc1NC(=O)/C=C(/c1ccc(C)cc1)C(C)C. The Morgan fingerprint density at radius 1 is 1.00 bits per heavy atom. The van der Waals surface area contributed by atoms with E-state index in [1.165, 1.54) is 5.56 Å². The van der Waals surface area contributed by atoms with Crippen LogP contribution in [0.25, 0.3) is 5.57 Å². The lowest BCUT2D eigenvalue weighted by Gasteiger charge is -2.13. The molecule has 0 heterocycles. The molecule has 0 saturated heterocycles. The molecule has 2 N–H and O–H groups in total. The maximum absolute atomic E-state index is 12.5. The average molecular weight is 336 g/mol. The van der Waals surface area contributed by atoms with E-state index in [9.17, 15) is 9.59 Å². The first-order valence-electron chi connectivity index (χ1n) is 8.33. The second kappa shape index (κ2) is 8.29. The van der Waals surface area contributed by atoms with Gasteiger partial charge < -0.3 is 10.6 Å². The molecule has 0 unspecified atom stereocenters. The summed E-state index contributed by atoms with van der Waals surface area (Å²) in [6.45, 7) is 6.14. The van der Waals surface area contributed by atoms with Crippen LogP contribution in [-0.4, -0.2) is 18.9 Å². The quantitative estimate of drug-likeness (QED) is 0.810. The van der Waals surface area contributed by atoms with Gasteiger partial charge in [-0.15, -0.1) is 0 Å². The third-order valence-corrected chi connectivity index (χ3v) is 3.95. The number of hydrogen-bond donors (Lipinski definition) is 2. The van der Waals surface area contributed by atoms with Crippen molar-refractivity contribution in [1.29, 1.82) is 0 Å². The minimum atomic E-state index is -0.249. The first kappa shape index (κ1) is 18.5. The van der Waals surface area contributed by atoms with Gasteiger partial charge in [0.15, 0.2) is 0 Å². The molecule has 0 aliphatic rings. The van der Waals surface area contributed by atoms with Crippen LogP contribution in [0.15, 0.2) is 54.6 Å². The van der Waals surface area contributed by atoms with Gasteiger partial charge >= 0.3 is 0 Å². The van der Waals surface area contributed by atoms with Crippen LogP contribution in [0.1, 0.15) is 35.3 Å². The van der Waals surface area contributed by atoms with Gasteiger partial charge in [-0.2, -0.15) is 0 Å². The van der Waals surface area contributed by atoms with E-state index < -0.39 is 0 Å². The lowest BCUT2D eigenvalue weighted by Crippen LogP contribution is -2.21. The number of anilines is 1. The summed E-state index contributed by atoms with van der Waals surface area (Å²) in [6, 6.07) is 15.1. The van der Waals surface area contributed by atoms with Crippen LogP contribution in [0.4, 0.5) is 5.69 Å². The van der Waals surface area contributed by atoms with E-state index in [1.54, 1.807) is 37.4 Å². The molecule has 25 heavy (non-hydrogen) atoms. The number of aryl methyl sites for hydroxylation is 1. The van der Waals surface area contributed by atoms with E-state index >= 15 is 0 Å². The van der Waals surface area contributed by atoms with Crippen molar-refractivity contribution < 1.29 is 9.59 Å². The van der Waals surface area contributed by atoms with Crippen molar-refractivity contribution in [2.45, 2.75) is 20.8 Å². The number of amides is 2. The number of carbonyl (C=O) groups is 2. The van der Waals surface area contributed by atoms with Gasteiger partial charge in [0.05, 0.1) is 11.3 Å². The first-order valence-corrected chi connectivity index (χ1v) is 8.33. The number of nitrogens with one attached hydrogen (secondary N) is 2. The van der Waals surface area contributed by atoms with Crippen LogP contribution >= 0.6 is 0 Å². The molecule has 0 saturated carbocycles. The standard InChI is InChI=1S/C21H24N2O2/c1-14(2)18(16-11-9-15(3)10-12-16)13-20(24)23-19-8-6-5-7-17(19)21(25)22-4/h5-14H,1-4H3,(H,22,25)(H,23,24)/b18-13+. The van der Waals surface area contributed by atoms with E-state index in [-0.39, 0.29) is 17.7 Å². The number of allylic oxidation sites excluding steroid dienone is 1. The third kappa shape index (κ3) is 4.80.